The molecule has 2 aliphatic rings. The summed E-state index contributed by atoms with van der Waals surface area (Å²) in [6, 6.07) is 5.65. The summed E-state index contributed by atoms with van der Waals surface area (Å²) in [7, 11) is 1.68. The number of aromatic nitrogens is 1. The number of anilines is 1. The van der Waals surface area contributed by atoms with Crippen LogP contribution < -0.4 is 9.64 Å². The third-order valence-corrected chi connectivity index (χ3v) is 6.57. The number of carbonyl (C=O) groups excluding carboxylic acids is 1. The van der Waals surface area contributed by atoms with Gasteiger partial charge in [0.05, 0.1) is 7.11 Å². The molecule has 0 bridgehead atoms. The summed E-state index contributed by atoms with van der Waals surface area (Å²) >= 11 is 7.76. The second-order valence-corrected chi connectivity index (χ2v) is 8.53. The lowest BCUT2D eigenvalue weighted by molar-refractivity contribution is -0.134. The van der Waals surface area contributed by atoms with E-state index in [0.717, 1.165) is 68.6 Å². The molecule has 28 heavy (non-hydrogen) atoms. The molecule has 3 heterocycles. The van der Waals surface area contributed by atoms with Crippen molar-refractivity contribution in [1.29, 1.82) is 0 Å². The van der Waals surface area contributed by atoms with E-state index in [0.29, 0.717) is 5.02 Å². The highest BCUT2D eigenvalue weighted by Gasteiger charge is 2.36. The third kappa shape index (κ3) is 4.11. The molecule has 0 radical (unpaired) electrons. The van der Waals surface area contributed by atoms with Crippen LogP contribution in [0.5, 0.6) is 5.75 Å². The van der Waals surface area contributed by atoms with E-state index in [4.69, 9.17) is 16.3 Å². The summed E-state index contributed by atoms with van der Waals surface area (Å²) in [6.45, 7) is 4.91. The molecule has 6 nitrogen and oxygen atoms in total. The fourth-order valence-corrected chi connectivity index (χ4v) is 4.97. The number of hydrogen-bond acceptors (Lipinski definition) is 6. The van der Waals surface area contributed by atoms with Crippen molar-refractivity contribution in [2.45, 2.75) is 25.4 Å². The highest BCUT2D eigenvalue weighted by molar-refractivity contribution is 7.13. The zero-order chi connectivity index (χ0) is 19.5. The molecule has 1 amide bonds. The molecule has 1 aromatic carbocycles. The fourth-order valence-electron chi connectivity index (χ4n) is 4.06. The van der Waals surface area contributed by atoms with E-state index in [1.807, 2.05) is 34.7 Å². The highest BCUT2D eigenvalue weighted by atomic mass is 35.5. The quantitative estimate of drug-likeness (QED) is 0.743. The summed E-state index contributed by atoms with van der Waals surface area (Å²) in [5.74, 6) is 1.10. The highest BCUT2D eigenvalue weighted by Crippen LogP contribution is 2.29. The van der Waals surface area contributed by atoms with Crippen LogP contribution in [0.15, 0.2) is 29.8 Å². The maximum Gasteiger partial charge on any atom is 0.245 e. The van der Waals surface area contributed by atoms with Crippen LogP contribution in [0.4, 0.5) is 5.13 Å². The number of piperazine rings is 1. The van der Waals surface area contributed by atoms with Crippen LogP contribution >= 0.6 is 22.9 Å². The van der Waals surface area contributed by atoms with Gasteiger partial charge in [0, 0.05) is 61.4 Å². The van der Waals surface area contributed by atoms with Crippen molar-refractivity contribution in [2.75, 3.05) is 44.7 Å². The maximum absolute atomic E-state index is 13.1. The van der Waals surface area contributed by atoms with Gasteiger partial charge in [-0.1, -0.05) is 11.6 Å². The molecule has 1 aromatic heterocycles. The van der Waals surface area contributed by atoms with Crippen molar-refractivity contribution in [1.82, 2.24) is 14.8 Å². The Morgan fingerprint density at radius 2 is 2.11 bits per heavy atom. The Hall–Kier alpha value is -1.83. The zero-order valence-electron chi connectivity index (χ0n) is 16.0. The van der Waals surface area contributed by atoms with Crippen molar-refractivity contribution in [3.8, 4) is 5.75 Å². The summed E-state index contributed by atoms with van der Waals surface area (Å²) in [5.41, 5.74) is 1.08. The van der Waals surface area contributed by atoms with Gasteiger partial charge in [-0.2, -0.15) is 0 Å². The number of benzene rings is 1. The van der Waals surface area contributed by atoms with E-state index in [1.165, 1.54) is 0 Å². The van der Waals surface area contributed by atoms with Crippen LogP contribution in [0.25, 0.3) is 0 Å². The molecular weight excluding hydrogens is 396 g/mol. The molecular formula is C20H25ClN4O2S. The van der Waals surface area contributed by atoms with Crippen LogP contribution in [0.3, 0.4) is 0 Å². The Morgan fingerprint density at radius 3 is 2.82 bits per heavy atom. The first-order valence-electron chi connectivity index (χ1n) is 9.65. The largest absolute Gasteiger partial charge is 0.496 e. The van der Waals surface area contributed by atoms with Crippen LogP contribution in [0, 0.1) is 0 Å². The van der Waals surface area contributed by atoms with Gasteiger partial charge in [-0.3, -0.25) is 9.69 Å². The van der Waals surface area contributed by atoms with E-state index in [2.05, 4.69) is 14.8 Å². The average molecular weight is 421 g/mol. The first kappa shape index (κ1) is 19.5. The van der Waals surface area contributed by atoms with Crippen molar-refractivity contribution in [3.05, 3.63) is 40.4 Å². The van der Waals surface area contributed by atoms with Gasteiger partial charge in [0.2, 0.25) is 5.91 Å². The Morgan fingerprint density at radius 1 is 1.29 bits per heavy atom. The lowest BCUT2D eigenvalue weighted by Gasteiger charge is -2.37. The first-order valence-corrected chi connectivity index (χ1v) is 10.9. The number of thiazole rings is 1. The molecule has 0 N–H and O–H groups in total. The predicted molar refractivity (Wildman–Crippen MR) is 112 cm³/mol. The minimum atomic E-state index is -0.0641. The molecule has 2 aromatic rings. The monoisotopic (exact) mass is 420 g/mol. The molecule has 0 spiro atoms. The molecule has 2 aliphatic heterocycles. The normalized spacial score (nSPS) is 20.6. The number of nitrogens with zero attached hydrogens (tertiary/aromatic N) is 4. The van der Waals surface area contributed by atoms with Gasteiger partial charge >= 0.3 is 0 Å². The number of methoxy groups -OCH3 is 1. The van der Waals surface area contributed by atoms with E-state index < -0.39 is 0 Å². The Balaban J connectivity index is 1.35. The summed E-state index contributed by atoms with van der Waals surface area (Å²) < 4.78 is 5.46. The van der Waals surface area contributed by atoms with Crippen LogP contribution in [0.2, 0.25) is 5.02 Å². The van der Waals surface area contributed by atoms with Gasteiger partial charge in [-0.05, 0) is 31.0 Å². The van der Waals surface area contributed by atoms with E-state index in [-0.39, 0.29) is 11.9 Å². The van der Waals surface area contributed by atoms with Gasteiger partial charge < -0.3 is 14.5 Å². The Kier molecular flexibility index (Phi) is 6.04. The van der Waals surface area contributed by atoms with Gasteiger partial charge in [0.25, 0.3) is 0 Å². The molecule has 1 atom stereocenters. The van der Waals surface area contributed by atoms with Crippen LogP contribution in [-0.2, 0) is 11.3 Å². The minimum Gasteiger partial charge on any atom is -0.496 e. The summed E-state index contributed by atoms with van der Waals surface area (Å²) in [4.78, 5) is 24.1. The van der Waals surface area contributed by atoms with Gasteiger partial charge in [0.1, 0.15) is 11.8 Å². The molecule has 4 rings (SSSR count). The van der Waals surface area contributed by atoms with Crippen molar-refractivity contribution in [2.24, 2.45) is 0 Å². The van der Waals surface area contributed by atoms with Crippen molar-refractivity contribution in [3.63, 3.8) is 0 Å². The Labute approximate surface area is 174 Å². The van der Waals surface area contributed by atoms with Gasteiger partial charge in [0.15, 0.2) is 5.13 Å². The Bertz CT molecular complexity index is 809. The standard InChI is InChI=1S/C20H25ClN4O2S/c1-27-18-5-4-16(21)13-15(18)14-23-8-10-24(11-9-23)19(26)17-3-2-7-25(17)20-22-6-12-28-20/h4-6,12-13,17H,2-3,7-11,14H2,1H3. The number of carbonyl (C=O) groups is 1. The molecule has 8 heteroatoms. The number of hydrogen-bond donors (Lipinski definition) is 0. The van der Waals surface area contributed by atoms with Gasteiger partial charge in [-0.25, -0.2) is 4.98 Å². The maximum atomic E-state index is 13.1. The second-order valence-electron chi connectivity index (χ2n) is 7.22. The average Bonchev–Trinajstić information content (AvgIpc) is 3.40. The second kappa shape index (κ2) is 8.68. The fraction of sp³-hybridized carbons (Fsp3) is 0.500. The predicted octanol–water partition coefficient (Wildman–Crippen LogP) is 3.12. The smallest absolute Gasteiger partial charge is 0.245 e. The molecule has 1 unspecified atom stereocenters. The molecule has 0 saturated carbocycles. The lowest BCUT2D eigenvalue weighted by Crippen LogP contribution is -2.53. The lowest BCUT2D eigenvalue weighted by atomic mass is 10.1. The van der Waals surface area contributed by atoms with E-state index in [9.17, 15) is 4.79 Å². The first-order chi connectivity index (χ1) is 13.7. The minimum absolute atomic E-state index is 0.0641. The topological polar surface area (TPSA) is 48.9 Å². The summed E-state index contributed by atoms with van der Waals surface area (Å²) in [5, 5.41) is 3.65. The molecule has 0 aliphatic carbocycles. The van der Waals surface area contributed by atoms with E-state index >= 15 is 0 Å². The zero-order valence-corrected chi connectivity index (χ0v) is 17.6. The number of rotatable bonds is 5. The number of ether oxygens (including phenoxy) is 1. The SMILES string of the molecule is COc1ccc(Cl)cc1CN1CCN(C(=O)C2CCCN2c2nccs2)CC1. The van der Waals surface area contributed by atoms with Crippen LogP contribution in [-0.4, -0.2) is 66.6 Å². The molecule has 2 saturated heterocycles. The number of halogens is 1. The molecule has 150 valence electrons. The summed E-state index contributed by atoms with van der Waals surface area (Å²) in [6.07, 6.45) is 3.77. The molecule has 2 fully saturated rings. The third-order valence-electron chi connectivity index (χ3n) is 5.52. The van der Waals surface area contributed by atoms with Crippen molar-refractivity contribution < 1.29 is 9.53 Å². The van der Waals surface area contributed by atoms with Crippen LogP contribution in [0.1, 0.15) is 18.4 Å². The number of amides is 1. The van der Waals surface area contributed by atoms with E-state index in [1.54, 1.807) is 18.4 Å². The van der Waals surface area contributed by atoms with Gasteiger partial charge in [-0.15, -0.1) is 11.3 Å². The van der Waals surface area contributed by atoms with Crippen molar-refractivity contribution >= 4 is 34.0 Å².